The van der Waals surface area contributed by atoms with Crippen LogP contribution in [0.3, 0.4) is 0 Å². The van der Waals surface area contributed by atoms with Gasteiger partial charge in [-0.15, -0.1) is 0 Å². The summed E-state index contributed by atoms with van der Waals surface area (Å²) in [7, 11) is 0. The van der Waals surface area contributed by atoms with Crippen LogP contribution in [0.4, 0.5) is 35.2 Å². The lowest BCUT2D eigenvalue weighted by Gasteiger charge is -2.16. The second kappa shape index (κ2) is 9.04. The highest BCUT2D eigenvalue weighted by atomic mass is 35.5. The zero-order valence-electron chi connectivity index (χ0n) is 15.8. The average molecular weight is 435 g/mol. The topological polar surface area (TPSA) is 66.0 Å². The van der Waals surface area contributed by atoms with Gasteiger partial charge in [-0.2, -0.15) is 13.2 Å². The summed E-state index contributed by atoms with van der Waals surface area (Å²) >= 11 is 5.86. The summed E-state index contributed by atoms with van der Waals surface area (Å²) in [5.41, 5.74) is -0.0864. The molecular formula is C21H18ClF3N4O. The van der Waals surface area contributed by atoms with Crippen LogP contribution in [0, 0.1) is 0 Å². The van der Waals surface area contributed by atoms with E-state index in [1.807, 2.05) is 6.92 Å². The molecule has 0 radical (unpaired) electrons. The summed E-state index contributed by atoms with van der Waals surface area (Å²) in [6, 6.07) is 12.4. The lowest BCUT2D eigenvalue weighted by molar-refractivity contribution is -0.137. The molecule has 0 unspecified atom stereocenters. The number of amides is 2. The highest BCUT2D eigenvalue weighted by Gasteiger charge is 2.34. The third-order valence-electron chi connectivity index (χ3n) is 4.09. The van der Waals surface area contributed by atoms with E-state index in [-0.39, 0.29) is 11.3 Å². The Morgan fingerprint density at radius 2 is 1.77 bits per heavy atom. The van der Waals surface area contributed by atoms with E-state index >= 15 is 0 Å². The van der Waals surface area contributed by atoms with Crippen molar-refractivity contribution in [2.45, 2.75) is 13.1 Å². The van der Waals surface area contributed by atoms with E-state index in [4.69, 9.17) is 11.6 Å². The third kappa shape index (κ3) is 5.42. The van der Waals surface area contributed by atoms with Crippen molar-refractivity contribution in [2.75, 3.05) is 22.5 Å². The molecule has 3 N–H and O–H groups in total. The first-order valence-corrected chi connectivity index (χ1v) is 9.39. The fourth-order valence-corrected chi connectivity index (χ4v) is 3.03. The van der Waals surface area contributed by atoms with Gasteiger partial charge in [0.25, 0.3) is 0 Å². The third-order valence-corrected chi connectivity index (χ3v) is 4.33. The Kier molecular flexibility index (Phi) is 6.47. The number of hydrogen-bond acceptors (Lipinski definition) is 3. The van der Waals surface area contributed by atoms with Crippen molar-refractivity contribution >= 4 is 34.8 Å². The fraction of sp³-hybridized carbons (Fsp3) is 0.143. The normalized spacial score (nSPS) is 11.1. The van der Waals surface area contributed by atoms with E-state index in [0.29, 0.717) is 28.6 Å². The molecule has 0 atom stereocenters. The van der Waals surface area contributed by atoms with Crippen molar-refractivity contribution in [3.63, 3.8) is 0 Å². The zero-order chi connectivity index (χ0) is 21.7. The molecule has 2 amide bonds. The van der Waals surface area contributed by atoms with Crippen molar-refractivity contribution in [2.24, 2.45) is 0 Å². The number of aromatic nitrogens is 1. The molecule has 3 aromatic rings. The lowest BCUT2D eigenvalue weighted by atomic mass is 9.99. The molecular weight excluding hydrogens is 417 g/mol. The van der Waals surface area contributed by atoms with Gasteiger partial charge in [0.1, 0.15) is 5.82 Å². The van der Waals surface area contributed by atoms with E-state index in [2.05, 4.69) is 20.9 Å². The summed E-state index contributed by atoms with van der Waals surface area (Å²) in [4.78, 5) is 16.2. The van der Waals surface area contributed by atoms with Crippen LogP contribution in [0.1, 0.15) is 12.5 Å². The molecule has 9 heteroatoms. The Labute approximate surface area is 176 Å². The summed E-state index contributed by atoms with van der Waals surface area (Å²) in [6.07, 6.45) is -3.17. The minimum Gasteiger partial charge on any atom is -0.370 e. The smallest absolute Gasteiger partial charge is 0.370 e. The first kappa shape index (κ1) is 21.4. The number of hydrogen-bond donors (Lipinski definition) is 3. The minimum atomic E-state index is -4.61. The number of anilines is 3. The van der Waals surface area contributed by atoms with Crippen molar-refractivity contribution in [1.82, 2.24) is 4.98 Å². The van der Waals surface area contributed by atoms with Gasteiger partial charge in [-0.25, -0.2) is 9.78 Å². The number of nitrogens with one attached hydrogen (secondary N) is 3. The zero-order valence-corrected chi connectivity index (χ0v) is 16.6. The number of carbonyl (C=O) groups excluding carboxylic acids is 1. The largest absolute Gasteiger partial charge is 0.417 e. The molecule has 156 valence electrons. The first-order valence-electron chi connectivity index (χ1n) is 9.01. The van der Waals surface area contributed by atoms with Crippen LogP contribution in [0.5, 0.6) is 0 Å². The van der Waals surface area contributed by atoms with E-state index in [1.54, 1.807) is 24.3 Å². The molecule has 2 aromatic carbocycles. The molecule has 30 heavy (non-hydrogen) atoms. The summed E-state index contributed by atoms with van der Waals surface area (Å²) in [5, 5.41) is 8.34. The Bertz CT molecular complexity index is 1060. The summed E-state index contributed by atoms with van der Waals surface area (Å²) < 4.78 is 41.2. The first-order chi connectivity index (χ1) is 14.3. The molecule has 0 aliphatic rings. The molecule has 0 spiro atoms. The Morgan fingerprint density at radius 1 is 1.03 bits per heavy atom. The second-order valence-electron chi connectivity index (χ2n) is 6.31. The highest BCUT2D eigenvalue weighted by molar-refractivity contribution is 6.30. The maximum atomic E-state index is 13.7. The van der Waals surface area contributed by atoms with Gasteiger partial charge >= 0.3 is 12.2 Å². The number of pyridine rings is 1. The number of benzene rings is 2. The Balaban J connectivity index is 1.87. The fourth-order valence-electron chi connectivity index (χ4n) is 2.84. The van der Waals surface area contributed by atoms with Crippen LogP contribution in [-0.4, -0.2) is 17.6 Å². The molecule has 5 nitrogen and oxygen atoms in total. The van der Waals surface area contributed by atoms with Crippen molar-refractivity contribution < 1.29 is 18.0 Å². The molecule has 0 fully saturated rings. The molecule has 1 heterocycles. The van der Waals surface area contributed by atoms with Gasteiger partial charge in [0, 0.05) is 29.1 Å². The van der Waals surface area contributed by atoms with Gasteiger partial charge in [0.15, 0.2) is 0 Å². The van der Waals surface area contributed by atoms with Crippen molar-refractivity contribution in [3.05, 3.63) is 71.4 Å². The van der Waals surface area contributed by atoms with E-state index in [0.717, 1.165) is 6.07 Å². The van der Waals surface area contributed by atoms with Gasteiger partial charge in [-0.3, -0.25) is 0 Å². The number of urea groups is 1. The predicted octanol–water partition coefficient (Wildman–Crippen LogP) is 6.50. The number of carbonyl (C=O) groups is 1. The van der Waals surface area contributed by atoms with Gasteiger partial charge in [0.2, 0.25) is 0 Å². The SMILES string of the molecule is CCNc1cc(-c2ccc(NC(=O)Nc3cccc(Cl)c3)cc2C(F)(F)F)ccn1. The molecule has 0 saturated carbocycles. The van der Waals surface area contributed by atoms with Crippen LogP contribution >= 0.6 is 11.6 Å². The highest BCUT2D eigenvalue weighted by Crippen LogP contribution is 2.39. The van der Waals surface area contributed by atoms with Gasteiger partial charge in [-0.05, 0) is 60.5 Å². The number of nitrogens with zero attached hydrogens (tertiary/aromatic N) is 1. The summed E-state index contributed by atoms with van der Waals surface area (Å²) in [5.74, 6) is 0.478. The quantitative estimate of drug-likeness (QED) is 0.429. The maximum Gasteiger partial charge on any atom is 0.417 e. The molecule has 0 bridgehead atoms. The monoisotopic (exact) mass is 434 g/mol. The van der Waals surface area contributed by atoms with Crippen molar-refractivity contribution in [3.8, 4) is 11.1 Å². The van der Waals surface area contributed by atoms with E-state index in [1.165, 1.54) is 30.5 Å². The second-order valence-corrected chi connectivity index (χ2v) is 6.74. The molecule has 1 aromatic heterocycles. The van der Waals surface area contributed by atoms with E-state index < -0.39 is 17.8 Å². The van der Waals surface area contributed by atoms with Crippen molar-refractivity contribution in [1.29, 1.82) is 0 Å². The predicted molar refractivity (Wildman–Crippen MR) is 113 cm³/mol. The standard InChI is InChI=1S/C21H18ClF3N4O/c1-2-26-19-10-13(8-9-27-19)17-7-6-16(12-18(17)21(23,24)25)29-20(30)28-15-5-3-4-14(22)11-15/h3-12H,2H2,1H3,(H,26,27)(H2,28,29,30). The molecule has 0 saturated heterocycles. The average Bonchev–Trinajstić information content (AvgIpc) is 2.68. The van der Waals surface area contributed by atoms with Crippen LogP contribution < -0.4 is 16.0 Å². The van der Waals surface area contributed by atoms with Gasteiger partial charge in [-0.1, -0.05) is 23.7 Å². The van der Waals surface area contributed by atoms with Gasteiger partial charge < -0.3 is 16.0 Å². The van der Waals surface area contributed by atoms with Gasteiger partial charge in [0.05, 0.1) is 5.56 Å². The number of halogens is 4. The molecule has 0 aliphatic heterocycles. The molecule has 3 rings (SSSR count). The Hall–Kier alpha value is -3.26. The van der Waals surface area contributed by atoms with Crippen LogP contribution in [0.25, 0.3) is 11.1 Å². The number of alkyl halides is 3. The molecule has 0 aliphatic carbocycles. The number of rotatable bonds is 5. The van der Waals surface area contributed by atoms with Crippen LogP contribution in [0.2, 0.25) is 5.02 Å². The lowest BCUT2D eigenvalue weighted by Crippen LogP contribution is -2.20. The van der Waals surface area contributed by atoms with E-state index in [9.17, 15) is 18.0 Å². The van der Waals surface area contributed by atoms with Crippen LogP contribution in [-0.2, 0) is 6.18 Å². The summed E-state index contributed by atoms with van der Waals surface area (Å²) in [6.45, 7) is 2.46. The maximum absolute atomic E-state index is 13.7. The Morgan fingerprint density at radius 3 is 2.43 bits per heavy atom. The minimum absolute atomic E-state index is 0.00608. The van der Waals surface area contributed by atoms with Crippen LogP contribution in [0.15, 0.2) is 60.8 Å².